The van der Waals surface area contributed by atoms with Crippen LogP contribution in [0.3, 0.4) is 0 Å². The summed E-state index contributed by atoms with van der Waals surface area (Å²) in [6.45, 7) is 20.8. The Morgan fingerprint density at radius 3 is 1.03 bits per heavy atom. The maximum atomic E-state index is 12.0. The van der Waals surface area contributed by atoms with Crippen molar-refractivity contribution in [3.05, 3.63) is 38.0 Å². The van der Waals surface area contributed by atoms with E-state index in [0.29, 0.717) is 0 Å². The van der Waals surface area contributed by atoms with E-state index < -0.39 is 60.5 Å². The molecule has 0 aromatic rings. The predicted molar refractivity (Wildman–Crippen MR) is 126 cm³/mol. The minimum Gasteiger partial charge on any atom is -0.431 e. The maximum Gasteiger partial charge on any atom is 0.540 e. The van der Waals surface area contributed by atoms with Gasteiger partial charge in [0.15, 0.2) is 0 Å². The van der Waals surface area contributed by atoms with Crippen molar-refractivity contribution in [3.8, 4) is 0 Å². The molecule has 206 valence electrons. The Balaban J connectivity index is 5.24. The number of hydrogen-bond acceptors (Lipinski definition) is 12. The molecule has 0 aliphatic rings. The van der Waals surface area contributed by atoms with Gasteiger partial charge in [-0.1, -0.05) is 25.2 Å². The minimum absolute atomic E-state index is 0.206. The molecule has 0 aliphatic carbocycles. The molecule has 0 heterocycles. The molecule has 0 spiro atoms. The van der Waals surface area contributed by atoms with E-state index in [2.05, 4.69) is 34.4 Å². The lowest BCUT2D eigenvalue weighted by Crippen LogP contribution is -2.40. The minimum atomic E-state index is -1.23. The Hall–Kier alpha value is -3.09. The van der Waals surface area contributed by atoms with Crippen LogP contribution in [0.1, 0.15) is 54.9 Å². The van der Waals surface area contributed by atoms with Gasteiger partial charge in [-0.3, -0.25) is 14.7 Å². The molecule has 0 atom stereocenters. The molecule has 0 radical (unpaired) electrons. The third kappa shape index (κ3) is 13.7. The SMILES string of the molecule is C=CC(C)(C)OOC(=O)OCC(CC)(COC(=O)OOC(C)(C)C=C)COC(=O)OOC(C)(C)C=C. The molecule has 12 nitrogen and oxygen atoms in total. The van der Waals surface area contributed by atoms with Crippen LogP contribution in [0.25, 0.3) is 0 Å². The molecular formula is C24H38O12. The van der Waals surface area contributed by atoms with E-state index in [1.807, 2.05) is 0 Å². The van der Waals surface area contributed by atoms with E-state index in [9.17, 15) is 14.4 Å². The third-order valence-corrected chi connectivity index (χ3v) is 4.69. The van der Waals surface area contributed by atoms with E-state index in [4.69, 9.17) is 28.9 Å². The zero-order valence-corrected chi connectivity index (χ0v) is 22.1. The first-order chi connectivity index (χ1) is 16.5. The molecule has 36 heavy (non-hydrogen) atoms. The molecule has 0 amide bonds. The van der Waals surface area contributed by atoms with E-state index >= 15 is 0 Å². The normalized spacial score (nSPS) is 12.1. The van der Waals surface area contributed by atoms with Crippen molar-refractivity contribution < 1.29 is 57.9 Å². The summed E-state index contributed by atoms with van der Waals surface area (Å²) in [7, 11) is 0. The molecular weight excluding hydrogens is 480 g/mol. The van der Waals surface area contributed by atoms with Gasteiger partial charge in [-0.25, -0.2) is 14.4 Å². The number of carbonyl (C=O) groups excluding carboxylic acids is 3. The lowest BCUT2D eigenvalue weighted by atomic mass is 9.88. The fraction of sp³-hybridized carbons (Fsp3) is 0.625. The predicted octanol–water partition coefficient (Wildman–Crippen LogP) is 5.53. The Kier molecular flexibility index (Phi) is 13.2. The largest absolute Gasteiger partial charge is 0.540 e. The average molecular weight is 519 g/mol. The number of hydrogen-bond donors (Lipinski definition) is 0. The van der Waals surface area contributed by atoms with Crippen LogP contribution in [-0.2, 0) is 43.5 Å². The van der Waals surface area contributed by atoms with Crippen molar-refractivity contribution in [2.24, 2.45) is 5.41 Å². The van der Waals surface area contributed by atoms with Crippen molar-refractivity contribution in [3.63, 3.8) is 0 Å². The van der Waals surface area contributed by atoms with Crippen LogP contribution in [0.5, 0.6) is 0 Å². The molecule has 0 saturated carbocycles. The summed E-state index contributed by atoms with van der Waals surface area (Å²) in [5.74, 6) is 0. The van der Waals surface area contributed by atoms with Crippen LogP contribution in [-0.4, -0.2) is 55.1 Å². The Labute approximate surface area is 211 Å². The fourth-order valence-corrected chi connectivity index (χ4v) is 1.67. The molecule has 0 aromatic heterocycles. The average Bonchev–Trinajstić information content (AvgIpc) is 2.85. The topological polar surface area (TPSA) is 134 Å². The molecule has 0 N–H and O–H groups in total. The van der Waals surface area contributed by atoms with Crippen LogP contribution >= 0.6 is 0 Å². The smallest absolute Gasteiger partial charge is 0.431 e. The van der Waals surface area contributed by atoms with Gasteiger partial charge in [0.2, 0.25) is 0 Å². The summed E-state index contributed by atoms with van der Waals surface area (Å²) in [5.41, 5.74) is -4.11. The quantitative estimate of drug-likeness (QED) is 0.0835. The number of ether oxygens (including phenoxy) is 3. The van der Waals surface area contributed by atoms with Crippen LogP contribution in [0.4, 0.5) is 14.4 Å². The van der Waals surface area contributed by atoms with Crippen LogP contribution in [0.2, 0.25) is 0 Å². The van der Waals surface area contributed by atoms with Gasteiger partial charge in [0, 0.05) is 0 Å². The van der Waals surface area contributed by atoms with Gasteiger partial charge in [0.05, 0.1) is 5.41 Å². The zero-order chi connectivity index (χ0) is 28.0. The van der Waals surface area contributed by atoms with Crippen molar-refractivity contribution >= 4 is 18.5 Å². The van der Waals surface area contributed by atoms with E-state index in [1.165, 1.54) is 18.2 Å². The second-order valence-electron chi connectivity index (χ2n) is 9.39. The molecule has 12 heteroatoms. The van der Waals surface area contributed by atoms with Crippen molar-refractivity contribution in [1.82, 2.24) is 0 Å². The van der Waals surface area contributed by atoms with Crippen LogP contribution < -0.4 is 0 Å². The van der Waals surface area contributed by atoms with Gasteiger partial charge in [-0.2, -0.15) is 14.7 Å². The molecule has 0 aliphatic heterocycles. The Morgan fingerprint density at radius 2 is 0.833 bits per heavy atom. The van der Waals surface area contributed by atoms with Crippen molar-refractivity contribution in [1.29, 1.82) is 0 Å². The first kappa shape index (κ1) is 32.9. The van der Waals surface area contributed by atoms with E-state index in [1.54, 1.807) is 48.5 Å². The summed E-state index contributed by atoms with van der Waals surface area (Å²) in [6, 6.07) is 0. The zero-order valence-electron chi connectivity index (χ0n) is 22.1. The van der Waals surface area contributed by atoms with Gasteiger partial charge >= 0.3 is 18.5 Å². The maximum absolute atomic E-state index is 12.0. The van der Waals surface area contributed by atoms with Gasteiger partial charge in [-0.05, 0) is 48.0 Å². The molecule has 0 unspecified atom stereocenters. The summed E-state index contributed by atoms with van der Waals surface area (Å²) >= 11 is 0. The van der Waals surface area contributed by atoms with Gasteiger partial charge in [0.25, 0.3) is 0 Å². The third-order valence-electron chi connectivity index (χ3n) is 4.69. The van der Waals surface area contributed by atoms with Gasteiger partial charge < -0.3 is 14.2 Å². The highest BCUT2D eigenvalue weighted by Crippen LogP contribution is 2.26. The molecule has 0 rings (SSSR count). The lowest BCUT2D eigenvalue weighted by molar-refractivity contribution is -0.309. The molecule has 0 fully saturated rings. The monoisotopic (exact) mass is 518 g/mol. The molecule has 0 aromatic carbocycles. The molecule has 0 bridgehead atoms. The lowest BCUT2D eigenvalue weighted by Gasteiger charge is -2.30. The number of carbonyl (C=O) groups is 3. The highest BCUT2D eigenvalue weighted by Gasteiger charge is 2.36. The van der Waals surface area contributed by atoms with Crippen molar-refractivity contribution in [2.75, 3.05) is 19.8 Å². The second-order valence-corrected chi connectivity index (χ2v) is 9.39. The Bertz CT molecular complexity index is 671. The first-order valence-corrected chi connectivity index (χ1v) is 11.0. The first-order valence-electron chi connectivity index (χ1n) is 11.0. The Morgan fingerprint density at radius 1 is 0.583 bits per heavy atom. The van der Waals surface area contributed by atoms with E-state index in [0.717, 1.165) is 0 Å². The van der Waals surface area contributed by atoms with E-state index in [-0.39, 0.29) is 6.42 Å². The van der Waals surface area contributed by atoms with Crippen molar-refractivity contribution in [2.45, 2.75) is 71.7 Å². The fourth-order valence-electron chi connectivity index (χ4n) is 1.67. The summed E-state index contributed by atoms with van der Waals surface area (Å²) < 4.78 is 15.3. The second kappa shape index (κ2) is 14.5. The van der Waals surface area contributed by atoms with Crippen LogP contribution in [0.15, 0.2) is 38.0 Å². The van der Waals surface area contributed by atoms with Gasteiger partial charge in [0.1, 0.15) is 36.6 Å². The number of rotatable bonds is 16. The summed E-state index contributed by atoms with van der Waals surface area (Å²) in [6.07, 6.45) is 0.918. The summed E-state index contributed by atoms with van der Waals surface area (Å²) in [5, 5.41) is 0. The highest BCUT2D eigenvalue weighted by atomic mass is 17.2. The molecule has 0 saturated heterocycles. The van der Waals surface area contributed by atoms with Crippen LogP contribution in [0, 0.1) is 5.41 Å². The standard InChI is InChI=1S/C24H38O12/c1-11-21(5,6)34-31-18(25)28-15-24(14-4,16-29-19(26)32-35-22(7,8)12-2)17-30-20(27)33-36-23(9,10)13-3/h11-13H,1-3,14-17H2,4-10H3. The highest BCUT2D eigenvalue weighted by molar-refractivity contribution is 5.60. The van der Waals surface area contributed by atoms with Gasteiger partial charge in [-0.15, -0.1) is 19.7 Å². The summed E-state index contributed by atoms with van der Waals surface area (Å²) in [4.78, 5) is 64.7.